The van der Waals surface area contributed by atoms with Crippen molar-refractivity contribution >= 4 is 34.1 Å². The molecule has 2 heterocycles. The fraction of sp³-hybridized carbons (Fsp3) is 0.480. The molecule has 1 fully saturated rings. The number of benzene rings is 1. The molecule has 2 amide bonds. The van der Waals surface area contributed by atoms with Gasteiger partial charge in [-0.2, -0.15) is 0 Å². The van der Waals surface area contributed by atoms with E-state index in [1.165, 1.54) is 11.3 Å². The molecule has 0 aliphatic carbocycles. The van der Waals surface area contributed by atoms with Gasteiger partial charge in [-0.15, -0.1) is 11.3 Å². The molecule has 0 saturated carbocycles. The van der Waals surface area contributed by atoms with Crippen LogP contribution in [0, 0.1) is 0 Å². The predicted octanol–water partition coefficient (Wildman–Crippen LogP) is 3.64. The zero-order valence-electron chi connectivity index (χ0n) is 19.4. The van der Waals surface area contributed by atoms with E-state index in [1.807, 2.05) is 37.3 Å². The summed E-state index contributed by atoms with van der Waals surface area (Å²) in [6.07, 6.45) is 3.64. The summed E-state index contributed by atoms with van der Waals surface area (Å²) in [5.41, 5.74) is 1.58. The molecule has 1 aromatic heterocycles. The van der Waals surface area contributed by atoms with Gasteiger partial charge in [-0.05, 0) is 44.2 Å². The highest BCUT2D eigenvalue weighted by Gasteiger charge is 2.23. The summed E-state index contributed by atoms with van der Waals surface area (Å²) in [7, 11) is 0. The molecule has 33 heavy (non-hydrogen) atoms. The molecule has 8 heteroatoms. The Bertz CT molecular complexity index is 936. The third kappa shape index (κ3) is 7.68. The number of anilines is 1. The lowest BCUT2D eigenvalue weighted by Gasteiger charge is -2.31. The first kappa shape index (κ1) is 24.9. The van der Waals surface area contributed by atoms with Crippen LogP contribution < -0.4 is 10.6 Å². The van der Waals surface area contributed by atoms with E-state index in [0.717, 1.165) is 49.2 Å². The van der Waals surface area contributed by atoms with Crippen molar-refractivity contribution in [2.75, 3.05) is 31.6 Å². The maximum absolute atomic E-state index is 12.6. The first-order chi connectivity index (χ1) is 16.0. The Kier molecular flexibility index (Phi) is 9.45. The van der Waals surface area contributed by atoms with Crippen molar-refractivity contribution in [2.45, 2.75) is 52.0 Å². The second-order valence-corrected chi connectivity index (χ2v) is 9.32. The van der Waals surface area contributed by atoms with Gasteiger partial charge in [0.1, 0.15) is 5.00 Å². The molecular formula is C25H33N3O4S. The normalized spacial score (nSPS) is 14.6. The first-order valence-electron chi connectivity index (χ1n) is 11.6. The molecule has 1 aromatic carbocycles. The predicted molar refractivity (Wildman–Crippen MR) is 131 cm³/mol. The summed E-state index contributed by atoms with van der Waals surface area (Å²) in [5, 5.41) is 6.57. The number of nitrogens with one attached hydrogen (secondary N) is 2. The van der Waals surface area contributed by atoms with Crippen molar-refractivity contribution in [2.24, 2.45) is 0 Å². The number of nitrogens with zero attached hydrogens (tertiary/aromatic N) is 1. The lowest BCUT2D eigenvalue weighted by Crippen LogP contribution is -2.46. The minimum absolute atomic E-state index is 0.0750. The molecule has 178 valence electrons. The van der Waals surface area contributed by atoms with Gasteiger partial charge in [0.15, 0.2) is 0 Å². The molecule has 0 spiro atoms. The Morgan fingerprint density at radius 3 is 2.48 bits per heavy atom. The highest BCUT2D eigenvalue weighted by atomic mass is 32.1. The van der Waals surface area contributed by atoms with Gasteiger partial charge in [-0.25, -0.2) is 4.79 Å². The summed E-state index contributed by atoms with van der Waals surface area (Å²) in [5.74, 6) is -0.478. The number of aryl methyl sites for hydroxylation is 2. The van der Waals surface area contributed by atoms with Crippen LogP contribution in [0.15, 0.2) is 36.4 Å². The minimum Gasteiger partial charge on any atom is -0.462 e. The van der Waals surface area contributed by atoms with Gasteiger partial charge < -0.3 is 15.4 Å². The maximum Gasteiger partial charge on any atom is 0.341 e. The van der Waals surface area contributed by atoms with Gasteiger partial charge in [0.2, 0.25) is 11.8 Å². The van der Waals surface area contributed by atoms with Crippen LogP contribution >= 0.6 is 11.3 Å². The first-order valence-corrected chi connectivity index (χ1v) is 12.5. The number of hydrogen-bond acceptors (Lipinski definition) is 6. The second kappa shape index (κ2) is 12.5. The summed E-state index contributed by atoms with van der Waals surface area (Å²) < 4.78 is 5.12. The Morgan fingerprint density at radius 2 is 1.82 bits per heavy atom. The summed E-state index contributed by atoms with van der Waals surface area (Å²) in [4.78, 5) is 40.2. The number of piperidine rings is 1. The van der Waals surface area contributed by atoms with Gasteiger partial charge in [-0.1, -0.05) is 37.3 Å². The lowest BCUT2D eigenvalue weighted by atomic mass is 10.0. The molecule has 2 aromatic rings. The van der Waals surface area contributed by atoms with Crippen molar-refractivity contribution in [3.8, 4) is 0 Å². The van der Waals surface area contributed by atoms with Crippen LogP contribution in [0.4, 0.5) is 5.00 Å². The Morgan fingerprint density at radius 1 is 1.09 bits per heavy atom. The van der Waals surface area contributed by atoms with Gasteiger partial charge >= 0.3 is 5.97 Å². The largest absolute Gasteiger partial charge is 0.462 e. The van der Waals surface area contributed by atoms with Crippen molar-refractivity contribution in [1.29, 1.82) is 0 Å². The van der Waals surface area contributed by atoms with Gasteiger partial charge in [0.05, 0.1) is 18.7 Å². The number of carbonyl (C=O) groups is 3. The lowest BCUT2D eigenvalue weighted by molar-refractivity contribution is -0.122. The van der Waals surface area contributed by atoms with Crippen LogP contribution in [-0.4, -0.2) is 55.0 Å². The second-order valence-electron chi connectivity index (χ2n) is 8.18. The summed E-state index contributed by atoms with van der Waals surface area (Å²) in [6.45, 7) is 5.81. The average Bonchev–Trinajstić information content (AvgIpc) is 3.22. The van der Waals surface area contributed by atoms with Crippen molar-refractivity contribution in [1.82, 2.24) is 10.2 Å². The molecule has 3 rings (SSSR count). The van der Waals surface area contributed by atoms with Crippen molar-refractivity contribution < 1.29 is 19.1 Å². The fourth-order valence-corrected chi connectivity index (χ4v) is 4.88. The summed E-state index contributed by atoms with van der Waals surface area (Å²) in [6, 6.07) is 11.9. The number of likely N-dealkylation sites (tertiary alicyclic amines) is 1. The number of hydrogen-bond donors (Lipinski definition) is 2. The molecule has 2 N–H and O–H groups in total. The van der Waals surface area contributed by atoms with Crippen molar-refractivity contribution in [3.05, 3.63) is 52.4 Å². The van der Waals surface area contributed by atoms with Crippen LogP contribution in [0.3, 0.4) is 0 Å². The Labute approximate surface area is 199 Å². The standard InChI is InChI=1S/C25H33N3O4S/c1-3-20-16-21(25(31)32-4-2)24(33-20)27-23(30)17-28-14-12-19(13-15-28)26-22(29)11-10-18-8-6-5-7-9-18/h5-9,16,19H,3-4,10-15,17H2,1-2H3,(H,26,29)(H,27,30). The van der Waals surface area contributed by atoms with Crippen LogP contribution in [0.2, 0.25) is 0 Å². The number of thiophene rings is 1. The van der Waals surface area contributed by atoms with Crippen LogP contribution in [0.25, 0.3) is 0 Å². The molecule has 0 atom stereocenters. The minimum atomic E-state index is -0.410. The third-order valence-electron chi connectivity index (χ3n) is 5.68. The molecule has 0 radical (unpaired) electrons. The van der Waals surface area contributed by atoms with E-state index < -0.39 is 5.97 Å². The molecular weight excluding hydrogens is 438 g/mol. The topological polar surface area (TPSA) is 87.7 Å². The maximum atomic E-state index is 12.6. The highest BCUT2D eigenvalue weighted by Crippen LogP contribution is 2.29. The van der Waals surface area contributed by atoms with E-state index in [1.54, 1.807) is 13.0 Å². The Balaban J connectivity index is 1.42. The SMILES string of the molecule is CCOC(=O)c1cc(CC)sc1NC(=O)CN1CCC(NC(=O)CCc2ccccc2)CC1. The molecule has 1 aliphatic rings. The number of carbonyl (C=O) groups excluding carboxylic acids is 3. The van der Waals surface area contributed by atoms with E-state index in [9.17, 15) is 14.4 Å². The molecule has 0 unspecified atom stereocenters. The molecule has 0 bridgehead atoms. The van der Waals surface area contributed by atoms with E-state index in [2.05, 4.69) is 15.5 Å². The fourth-order valence-electron chi connectivity index (χ4n) is 3.88. The summed E-state index contributed by atoms with van der Waals surface area (Å²) >= 11 is 1.42. The molecule has 7 nitrogen and oxygen atoms in total. The van der Waals surface area contributed by atoms with Crippen LogP contribution in [-0.2, 0) is 27.2 Å². The van der Waals surface area contributed by atoms with Gasteiger partial charge in [0, 0.05) is 30.4 Å². The van der Waals surface area contributed by atoms with Crippen molar-refractivity contribution in [3.63, 3.8) is 0 Å². The zero-order chi connectivity index (χ0) is 23.6. The average molecular weight is 472 g/mol. The van der Waals surface area contributed by atoms with E-state index >= 15 is 0 Å². The Hall–Kier alpha value is -2.71. The quantitative estimate of drug-likeness (QED) is 0.517. The van der Waals surface area contributed by atoms with Gasteiger partial charge in [0.25, 0.3) is 0 Å². The highest BCUT2D eigenvalue weighted by molar-refractivity contribution is 7.16. The van der Waals surface area contributed by atoms with E-state index in [-0.39, 0.29) is 24.4 Å². The van der Waals surface area contributed by atoms with E-state index in [0.29, 0.717) is 23.6 Å². The third-order valence-corrected chi connectivity index (χ3v) is 6.88. The number of ether oxygens (including phenoxy) is 1. The van der Waals surface area contributed by atoms with Crippen LogP contribution in [0.5, 0.6) is 0 Å². The van der Waals surface area contributed by atoms with Crippen LogP contribution in [0.1, 0.15) is 53.9 Å². The molecule has 1 aliphatic heterocycles. The number of amides is 2. The van der Waals surface area contributed by atoms with E-state index in [4.69, 9.17) is 4.74 Å². The monoisotopic (exact) mass is 471 g/mol. The smallest absolute Gasteiger partial charge is 0.341 e. The number of rotatable bonds is 10. The zero-order valence-corrected chi connectivity index (χ0v) is 20.2. The molecule has 1 saturated heterocycles. The number of esters is 1. The van der Waals surface area contributed by atoms with Gasteiger partial charge in [-0.3, -0.25) is 14.5 Å².